The minimum absolute atomic E-state index is 0.208. The van der Waals surface area contributed by atoms with Gasteiger partial charge in [0.05, 0.1) is 6.07 Å². The van der Waals surface area contributed by atoms with Gasteiger partial charge in [-0.3, -0.25) is 4.79 Å². The molecule has 5 heteroatoms. The van der Waals surface area contributed by atoms with Gasteiger partial charge in [-0.25, -0.2) is 0 Å². The Hall–Kier alpha value is -1.05. The van der Waals surface area contributed by atoms with E-state index in [1.54, 1.807) is 0 Å². The minimum atomic E-state index is -4.70. The molecule has 74 valence electrons. The Bertz CT molecular complexity index is 204. The third-order valence-corrected chi connectivity index (χ3v) is 1.51. The van der Waals surface area contributed by atoms with Crippen LogP contribution in [-0.4, -0.2) is 12.0 Å². The number of ketones is 1. The van der Waals surface area contributed by atoms with Crippen molar-refractivity contribution in [3.8, 4) is 6.07 Å². The summed E-state index contributed by atoms with van der Waals surface area (Å²) >= 11 is 0. The Labute approximate surface area is 74.3 Å². The average Bonchev–Trinajstić information content (AvgIpc) is 2.02. The van der Waals surface area contributed by atoms with Gasteiger partial charge >= 0.3 is 6.18 Å². The van der Waals surface area contributed by atoms with Crippen molar-refractivity contribution in [2.24, 2.45) is 0 Å². The number of unbranched alkanes of at least 4 members (excludes halogenated alkanes) is 3. The van der Waals surface area contributed by atoms with E-state index in [1.165, 1.54) is 0 Å². The average molecular weight is 193 g/mol. The van der Waals surface area contributed by atoms with Crippen LogP contribution in [-0.2, 0) is 4.79 Å². The predicted octanol–water partition coefficient (Wildman–Crippen LogP) is 2.59. The van der Waals surface area contributed by atoms with Crippen molar-refractivity contribution < 1.29 is 18.0 Å². The molecule has 0 heterocycles. The highest BCUT2D eigenvalue weighted by atomic mass is 19.4. The first kappa shape index (κ1) is 11.9. The standard InChI is InChI=1S/C8H10F3NO/c9-8(10,11)7(13)5-3-1-2-4-6-12/h1-5H2. The molecule has 0 aromatic heterocycles. The molecule has 0 bridgehead atoms. The van der Waals surface area contributed by atoms with Crippen molar-refractivity contribution >= 4 is 5.78 Å². The van der Waals surface area contributed by atoms with Crippen molar-refractivity contribution in [1.82, 2.24) is 0 Å². The van der Waals surface area contributed by atoms with E-state index in [4.69, 9.17) is 5.26 Å². The maximum atomic E-state index is 11.6. The zero-order valence-corrected chi connectivity index (χ0v) is 7.02. The smallest absolute Gasteiger partial charge is 0.290 e. The molecule has 0 aliphatic heterocycles. The molecule has 0 N–H and O–H groups in total. The second-order valence-electron chi connectivity index (χ2n) is 2.64. The first-order chi connectivity index (χ1) is 5.98. The van der Waals surface area contributed by atoms with E-state index in [9.17, 15) is 18.0 Å². The second kappa shape index (κ2) is 5.57. The van der Waals surface area contributed by atoms with Crippen LogP contribution < -0.4 is 0 Å². The fourth-order valence-corrected chi connectivity index (χ4v) is 0.808. The molecule has 2 nitrogen and oxygen atoms in total. The summed E-state index contributed by atoms with van der Waals surface area (Å²) in [7, 11) is 0. The quantitative estimate of drug-likeness (QED) is 0.629. The van der Waals surface area contributed by atoms with Gasteiger partial charge in [0.25, 0.3) is 0 Å². The maximum Gasteiger partial charge on any atom is 0.449 e. The molecule has 0 fully saturated rings. The van der Waals surface area contributed by atoms with Crippen molar-refractivity contribution in [3.63, 3.8) is 0 Å². The third-order valence-electron chi connectivity index (χ3n) is 1.51. The first-order valence-electron chi connectivity index (χ1n) is 3.95. The lowest BCUT2D eigenvalue weighted by Gasteiger charge is -2.03. The van der Waals surface area contributed by atoms with Crippen LogP contribution in [0.1, 0.15) is 32.1 Å². The van der Waals surface area contributed by atoms with Gasteiger partial charge in [-0.05, 0) is 12.8 Å². The molecule has 13 heavy (non-hydrogen) atoms. The summed E-state index contributed by atoms with van der Waals surface area (Å²) < 4.78 is 34.9. The number of halogens is 3. The molecule has 0 amide bonds. The predicted molar refractivity (Wildman–Crippen MR) is 39.8 cm³/mol. The summed E-state index contributed by atoms with van der Waals surface area (Å²) in [5, 5.41) is 8.11. The molecule has 0 aliphatic rings. The number of hydrogen-bond acceptors (Lipinski definition) is 2. The SMILES string of the molecule is N#CCCCCCC(=O)C(F)(F)F. The summed E-state index contributed by atoms with van der Waals surface area (Å²) in [5.41, 5.74) is 0. The monoisotopic (exact) mass is 193 g/mol. The van der Waals surface area contributed by atoms with Crippen LogP contribution in [0.3, 0.4) is 0 Å². The highest BCUT2D eigenvalue weighted by Gasteiger charge is 2.36. The van der Waals surface area contributed by atoms with Gasteiger partial charge in [-0.2, -0.15) is 18.4 Å². The zero-order valence-electron chi connectivity index (χ0n) is 7.02. The van der Waals surface area contributed by atoms with Crippen LogP contribution in [0, 0.1) is 11.3 Å². The maximum absolute atomic E-state index is 11.6. The molecular formula is C8H10F3NO. The number of rotatable bonds is 5. The minimum Gasteiger partial charge on any atom is -0.290 e. The van der Waals surface area contributed by atoms with Crippen LogP contribution in [0.15, 0.2) is 0 Å². The van der Waals surface area contributed by atoms with Crippen molar-refractivity contribution in [2.45, 2.75) is 38.3 Å². The van der Waals surface area contributed by atoms with E-state index in [2.05, 4.69) is 0 Å². The van der Waals surface area contributed by atoms with Gasteiger partial charge in [0, 0.05) is 12.8 Å². The highest BCUT2D eigenvalue weighted by molar-refractivity contribution is 5.83. The van der Waals surface area contributed by atoms with E-state index in [0.717, 1.165) is 0 Å². The molecule has 0 atom stereocenters. The number of alkyl halides is 3. The number of carbonyl (C=O) groups excluding carboxylic acids is 1. The molecule has 0 aromatic carbocycles. The Kier molecular flexibility index (Phi) is 5.12. The molecule has 0 spiro atoms. The first-order valence-corrected chi connectivity index (χ1v) is 3.95. The molecule has 0 aliphatic carbocycles. The number of Topliss-reactive ketones (excluding diaryl/α,β-unsaturated/α-hetero) is 1. The van der Waals surface area contributed by atoms with Gasteiger partial charge < -0.3 is 0 Å². The number of nitrogens with zero attached hydrogens (tertiary/aromatic N) is 1. The Morgan fingerprint density at radius 1 is 1.23 bits per heavy atom. The van der Waals surface area contributed by atoms with Crippen LogP contribution in [0.2, 0.25) is 0 Å². The van der Waals surface area contributed by atoms with Crippen LogP contribution in [0.4, 0.5) is 13.2 Å². The summed E-state index contributed by atoms with van der Waals surface area (Å²) in [4.78, 5) is 10.3. The zero-order chi connectivity index (χ0) is 10.3. The summed E-state index contributed by atoms with van der Waals surface area (Å²) in [5.74, 6) is -1.68. The van der Waals surface area contributed by atoms with Crippen LogP contribution >= 0.6 is 0 Å². The normalized spacial score (nSPS) is 10.9. The van der Waals surface area contributed by atoms with Gasteiger partial charge in [-0.15, -0.1) is 0 Å². The van der Waals surface area contributed by atoms with Crippen molar-refractivity contribution in [1.29, 1.82) is 5.26 Å². The third kappa shape index (κ3) is 6.14. The summed E-state index contributed by atoms with van der Waals surface area (Å²) in [6.45, 7) is 0. The summed E-state index contributed by atoms with van der Waals surface area (Å²) in [6, 6.07) is 1.88. The summed E-state index contributed by atoms with van der Waals surface area (Å²) in [6.07, 6.45) is -3.57. The van der Waals surface area contributed by atoms with E-state index in [-0.39, 0.29) is 6.42 Å². The van der Waals surface area contributed by atoms with E-state index >= 15 is 0 Å². The lowest BCUT2D eigenvalue weighted by Crippen LogP contribution is -2.22. The van der Waals surface area contributed by atoms with E-state index in [1.807, 2.05) is 6.07 Å². The molecular weight excluding hydrogens is 183 g/mol. The van der Waals surface area contributed by atoms with Crippen molar-refractivity contribution in [3.05, 3.63) is 0 Å². The Morgan fingerprint density at radius 2 is 1.85 bits per heavy atom. The van der Waals surface area contributed by atoms with Crippen molar-refractivity contribution in [2.75, 3.05) is 0 Å². The molecule has 0 unspecified atom stereocenters. The van der Waals surface area contributed by atoms with E-state index < -0.39 is 18.4 Å². The van der Waals surface area contributed by atoms with Gasteiger partial charge in [0.1, 0.15) is 0 Å². The topological polar surface area (TPSA) is 40.9 Å². The number of hydrogen-bond donors (Lipinski definition) is 0. The fourth-order valence-electron chi connectivity index (χ4n) is 0.808. The number of carbonyl (C=O) groups is 1. The molecule has 0 aromatic rings. The largest absolute Gasteiger partial charge is 0.449 e. The van der Waals surface area contributed by atoms with Crippen LogP contribution in [0.5, 0.6) is 0 Å². The van der Waals surface area contributed by atoms with Gasteiger partial charge in [0.15, 0.2) is 0 Å². The Balaban J connectivity index is 3.45. The lowest BCUT2D eigenvalue weighted by molar-refractivity contribution is -0.171. The van der Waals surface area contributed by atoms with Crippen LogP contribution in [0.25, 0.3) is 0 Å². The second-order valence-corrected chi connectivity index (χ2v) is 2.64. The molecule has 0 saturated carbocycles. The molecule has 0 saturated heterocycles. The molecule has 0 radical (unpaired) electrons. The van der Waals surface area contributed by atoms with Gasteiger partial charge in [0.2, 0.25) is 5.78 Å². The Morgan fingerprint density at radius 3 is 2.31 bits per heavy atom. The highest BCUT2D eigenvalue weighted by Crippen LogP contribution is 2.19. The lowest BCUT2D eigenvalue weighted by atomic mass is 10.1. The molecule has 0 rings (SSSR count). The fraction of sp³-hybridized carbons (Fsp3) is 0.750. The number of nitriles is 1. The van der Waals surface area contributed by atoms with E-state index in [0.29, 0.717) is 19.3 Å². The van der Waals surface area contributed by atoms with Gasteiger partial charge in [-0.1, -0.05) is 6.42 Å².